The molecule has 0 aliphatic carbocycles. The maximum absolute atomic E-state index is 12.0. The Morgan fingerprint density at radius 3 is 2.42 bits per heavy atom. The normalized spacial score (nSPS) is 10.6. The summed E-state index contributed by atoms with van der Waals surface area (Å²) in [7, 11) is 0. The van der Waals surface area contributed by atoms with Gasteiger partial charge in [0, 0.05) is 25.2 Å². The fourth-order valence-electron chi connectivity index (χ4n) is 2.64. The van der Waals surface area contributed by atoms with Crippen LogP contribution in [0, 0.1) is 13.8 Å². The van der Waals surface area contributed by atoms with E-state index in [9.17, 15) is 4.79 Å². The second kappa shape index (κ2) is 9.24. The third-order valence-corrected chi connectivity index (χ3v) is 4.17. The molecule has 0 fully saturated rings. The van der Waals surface area contributed by atoms with E-state index in [0.717, 1.165) is 38.0 Å². The molecule has 0 aliphatic rings. The van der Waals surface area contributed by atoms with Crippen molar-refractivity contribution >= 4 is 5.91 Å². The molecule has 2 N–H and O–H groups in total. The summed E-state index contributed by atoms with van der Waals surface area (Å²) in [6.07, 6.45) is 2.11. The number of hydrogen-bond acceptors (Lipinski definition) is 2. The third-order valence-electron chi connectivity index (χ3n) is 4.17. The molecule has 0 unspecified atom stereocenters. The van der Waals surface area contributed by atoms with E-state index in [4.69, 9.17) is 0 Å². The lowest BCUT2D eigenvalue weighted by atomic mass is 10.1. The first-order chi connectivity index (χ1) is 11.6. The lowest BCUT2D eigenvalue weighted by Crippen LogP contribution is -2.24. The summed E-state index contributed by atoms with van der Waals surface area (Å²) in [4.78, 5) is 12.0. The number of rotatable bonds is 8. The molecular weight excluding hydrogens is 296 g/mol. The van der Waals surface area contributed by atoms with Crippen molar-refractivity contribution in [1.29, 1.82) is 0 Å². The molecule has 2 aromatic carbocycles. The lowest BCUT2D eigenvalue weighted by molar-refractivity contribution is 0.0953. The van der Waals surface area contributed by atoms with E-state index in [1.165, 1.54) is 22.3 Å². The van der Waals surface area contributed by atoms with Gasteiger partial charge in [-0.25, -0.2) is 0 Å². The molecule has 0 bridgehead atoms. The van der Waals surface area contributed by atoms with Crippen LogP contribution in [0.5, 0.6) is 0 Å². The van der Waals surface area contributed by atoms with Gasteiger partial charge in [-0.2, -0.15) is 0 Å². The van der Waals surface area contributed by atoms with Gasteiger partial charge in [-0.05, 0) is 49.1 Å². The van der Waals surface area contributed by atoms with Crippen molar-refractivity contribution in [3.05, 3.63) is 70.3 Å². The average Bonchev–Trinajstić information content (AvgIpc) is 2.57. The molecule has 0 spiro atoms. The topological polar surface area (TPSA) is 41.1 Å². The van der Waals surface area contributed by atoms with Crippen LogP contribution in [0.25, 0.3) is 0 Å². The largest absolute Gasteiger partial charge is 0.352 e. The minimum absolute atomic E-state index is 0.0123. The number of benzene rings is 2. The second-order valence-electron chi connectivity index (χ2n) is 6.34. The maximum atomic E-state index is 12.0. The second-order valence-corrected chi connectivity index (χ2v) is 6.34. The standard InChI is InChI=1S/C21H28N2O/c1-4-5-12-23-21(24)19-10-7-18(8-11-19)14-22-15-20-9-6-16(2)13-17(20)3/h6-11,13,22H,4-5,12,14-15H2,1-3H3,(H,23,24). The Hall–Kier alpha value is -2.13. The molecule has 2 rings (SSSR count). The van der Waals surface area contributed by atoms with E-state index in [1.54, 1.807) is 0 Å². The first-order valence-corrected chi connectivity index (χ1v) is 8.74. The Bertz CT molecular complexity index is 662. The molecule has 3 heteroatoms. The first-order valence-electron chi connectivity index (χ1n) is 8.74. The highest BCUT2D eigenvalue weighted by Gasteiger charge is 2.04. The fraction of sp³-hybridized carbons (Fsp3) is 0.381. The predicted molar refractivity (Wildman–Crippen MR) is 100 cm³/mol. The molecular formula is C21H28N2O. The molecule has 0 radical (unpaired) electrons. The van der Waals surface area contributed by atoms with Crippen LogP contribution in [-0.2, 0) is 13.1 Å². The van der Waals surface area contributed by atoms with Crippen molar-refractivity contribution in [2.45, 2.75) is 46.7 Å². The quantitative estimate of drug-likeness (QED) is 0.717. The van der Waals surface area contributed by atoms with Gasteiger partial charge in [0.05, 0.1) is 0 Å². The van der Waals surface area contributed by atoms with Gasteiger partial charge in [-0.15, -0.1) is 0 Å². The molecule has 2 aromatic rings. The Labute approximate surface area is 145 Å². The van der Waals surface area contributed by atoms with Crippen LogP contribution in [0.1, 0.15) is 52.4 Å². The van der Waals surface area contributed by atoms with Crippen molar-refractivity contribution in [3.63, 3.8) is 0 Å². The molecule has 128 valence electrons. The Morgan fingerprint density at radius 1 is 1.00 bits per heavy atom. The van der Waals surface area contributed by atoms with Crippen molar-refractivity contribution < 1.29 is 4.79 Å². The number of amides is 1. The summed E-state index contributed by atoms with van der Waals surface area (Å²) >= 11 is 0. The zero-order chi connectivity index (χ0) is 17.4. The first kappa shape index (κ1) is 18.2. The van der Waals surface area contributed by atoms with Crippen LogP contribution in [0.3, 0.4) is 0 Å². The van der Waals surface area contributed by atoms with Gasteiger partial charge >= 0.3 is 0 Å². The summed E-state index contributed by atoms with van der Waals surface area (Å²) in [5, 5.41) is 6.41. The van der Waals surface area contributed by atoms with Crippen LogP contribution in [0.15, 0.2) is 42.5 Å². The molecule has 3 nitrogen and oxygen atoms in total. The highest BCUT2D eigenvalue weighted by molar-refractivity contribution is 5.94. The lowest BCUT2D eigenvalue weighted by Gasteiger charge is -2.09. The smallest absolute Gasteiger partial charge is 0.251 e. The van der Waals surface area contributed by atoms with Crippen molar-refractivity contribution in [2.24, 2.45) is 0 Å². The highest BCUT2D eigenvalue weighted by atomic mass is 16.1. The van der Waals surface area contributed by atoms with Crippen molar-refractivity contribution in [2.75, 3.05) is 6.54 Å². The van der Waals surface area contributed by atoms with Crippen LogP contribution in [-0.4, -0.2) is 12.5 Å². The van der Waals surface area contributed by atoms with Gasteiger partial charge in [-0.1, -0.05) is 49.2 Å². The Kier molecular flexibility index (Phi) is 7.01. The fourth-order valence-corrected chi connectivity index (χ4v) is 2.64. The van der Waals surface area contributed by atoms with Crippen molar-refractivity contribution in [1.82, 2.24) is 10.6 Å². The van der Waals surface area contributed by atoms with Crippen LogP contribution in [0.4, 0.5) is 0 Å². The van der Waals surface area contributed by atoms with Crippen LogP contribution < -0.4 is 10.6 Å². The van der Waals surface area contributed by atoms with Gasteiger partial charge in [0.25, 0.3) is 5.91 Å². The van der Waals surface area contributed by atoms with E-state index >= 15 is 0 Å². The van der Waals surface area contributed by atoms with E-state index in [-0.39, 0.29) is 5.91 Å². The van der Waals surface area contributed by atoms with E-state index in [0.29, 0.717) is 0 Å². The van der Waals surface area contributed by atoms with Gasteiger partial charge in [0.2, 0.25) is 0 Å². The number of unbranched alkanes of at least 4 members (excludes halogenated alkanes) is 1. The zero-order valence-corrected chi connectivity index (χ0v) is 15.0. The SMILES string of the molecule is CCCCNC(=O)c1ccc(CNCc2ccc(C)cc2C)cc1. The van der Waals surface area contributed by atoms with Crippen molar-refractivity contribution in [3.8, 4) is 0 Å². The minimum atomic E-state index is 0.0123. The molecule has 0 saturated carbocycles. The van der Waals surface area contributed by atoms with Gasteiger partial charge < -0.3 is 10.6 Å². The summed E-state index contributed by atoms with van der Waals surface area (Å²) in [5.74, 6) is 0.0123. The summed E-state index contributed by atoms with van der Waals surface area (Å²) < 4.78 is 0. The minimum Gasteiger partial charge on any atom is -0.352 e. The van der Waals surface area contributed by atoms with Gasteiger partial charge in [-0.3, -0.25) is 4.79 Å². The molecule has 0 saturated heterocycles. The summed E-state index contributed by atoms with van der Waals surface area (Å²) in [6, 6.07) is 14.4. The number of carbonyl (C=O) groups excluding carboxylic acids is 1. The number of nitrogens with one attached hydrogen (secondary N) is 2. The number of hydrogen-bond donors (Lipinski definition) is 2. The predicted octanol–water partition coefficient (Wildman–Crippen LogP) is 4.12. The number of aryl methyl sites for hydroxylation is 2. The average molecular weight is 324 g/mol. The maximum Gasteiger partial charge on any atom is 0.251 e. The van der Waals surface area contributed by atoms with Crippen LogP contribution in [0.2, 0.25) is 0 Å². The van der Waals surface area contributed by atoms with E-state index in [2.05, 4.69) is 49.6 Å². The van der Waals surface area contributed by atoms with E-state index < -0.39 is 0 Å². The Morgan fingerprint density at radius 2 is 1.75 bits per heavy atom. The molecule has 0 aliphatic heterocycles. The highest BCUT2D eigenvalue weighted by Crippen LogP contribution is 2.11. The van der Waals surface area contributed by atoms with E-state index in [1.807, 2.05) is 24.3 Å². The third kappa shape index (κ3) is 5.50. The molecule has 0 heterocycles. The van der Waals surface area contributed by atoms with Gasteiger partial charge in [0.1, 0.15) is 0 Å². The van der Waals surface area contributed by atoms with Gasteiger partial charge in [0.15, 0.2) is 0 Å². The molecule has 24 heavy (non-hydrogen) atoms. The Balaban J connectivity index is 1.82. The molecule has 1 amide bonds. The zero-order valence-electron chi connectivity index (χ0n) is 15.0. The summed E-state index contributed by atoms with van der Waals surface area (Å²) in [5.41, 5.74) is 5.85. The molecule has 0 aromatic heterocycles. The number of carbonyl (C=O) groups is 1. The summed E-state index contributed by atoms with van der Waals surface area (Å²) in [6.45, 7) is 8.77. The van der Waals surface area contributed by atoms with Crippen LogP contribution >= 0.6 is 0 Å². The monoisotopic (exact) mass is 324 g/mol. The molecule has 0 atom stereocenters.